The van der Waals surface area contributed by atoms with Crippen LogP contribution >= 0.6 is 0 Å². The van der Waals surface area contributed by atoms with Crippen LogP contribution in [0.3, 0.4) is 0 Å². The average Bonchev–Trinajstić information content (AvgIpc) is 2.79. The average molecular weight is 421 g/mol. The summed E-state index contributed by atoms with van der Waals surface area (Å²) >= 11 is 0. The van der Waals surface area contributed by atoms with E-state index in [1.807, 2.05) is 36.4 Å². The van der Waals surface area contributed by atoms with Gasteiger partial charge in [0.05, 0.1) is 25.7 Å². The summed E-state index contributed by atoms with van der Waals surface area (Å²) in [6, 6.07) is 15.9. The number of hydrogen-bond donors (Lipinski definition) is 2. The molecule has 162 valence electrons. The van der Waals surface area contributed by atoms with E-state index in [-0.39, 0.29) is 24.3 Å². The zero-order valence-corrected chi connectivity index (χ0v) is 18.0. The summed E-state index contributed by atoms with van der Waals surface area (Å²) < 4.78 is 5.46. The van der Waals surface area contributed by atoms with Gasteiger partial charge >= 0.3 is 0 Å². The normalized spacial score (nSPS) is 18.5. The van der Waals surface area contributed by atoms with E-state index in [4.69, 9.17) is 4.74 Å². The van der Waals surface area contributed by atoms with Crippen LogP contribution < -0.4 is 10.2 Å². The van der Waals surface area contributed by atoms with Gasteiger partial charge < -0.3 is 19.9 Å². The molecule has 1 atom stereocenters. The zero-order valence-electron chi connectivity index (χ0n) is 18.0. The summed E-state index contributed by atoms with van der Waals surface area (Å²) in [5.74, 6) is -0.128. The molecule has 2 amide bonds. The highest BCUT2D eigenvalue weighted by Crippen LogP contribution is 2.32. The van der Waals surface area contributed by atoms with E-state index in [1.165, 1.54) is 17.4 Å². The lowest BCUT2D eigenvalue weighted by Gasteiger charge is -2.32. The Morgan fingerprint density at radius 1 is 1.06 bits per heavy atom. The highest BCUT2D eigenvalue weighted by atomic mass is 16.5. The first kappa shape index (κ1) is 21.3. The van der Waals surface area contributed by atoms with Crippen molar-refractivity contribution in [2.75, 3.05) is 26.3 Å². The monoisotopic (exact) mass is 420 g/mol. The fraction of sp³-hybridized carbons (Fsp3) is 0.360. The van der Waals surface area contributed by atoms with Gasteiger partial charge in [0.25, 0.3) is 0 Å². The predicted molar refractivity (Wildman–Crippen MR) is 119 cm³/mol. The number of nitrogens with one attached hydrogen (secondary N) is 2. The quantitative estimate of drug-likeness (QED) is 0.748. The van der Waals surface area contributed by atoms with Crippen molar-refractivity contribution in [1.29, 1.82) is 0 Å². The Hall–Kier alpha value is -2.96. The topological polar surface area (TPSA) is 63.1 Å². The van der Waals surface area contributed by atoms with Crippen molar-refractivity contribution in [3.8, 4) is 0 Å². The van der Waals surface area contributed by atoms with Crippen molar-refractivity contribution in [3.63, 3.8) is 0 Å². The van der Waals surface area contributed by atoms with Crippen molar-refractivity contribution >= 4 is 17.9 Å². The van der Waals surface area contributed by atoms with E-state index in [9.17, 15) is 9.59 Å². The van der Waals surface area contributed by atoms with Gasteiger partial charge in [0, 0.05) is 25.2 Å². The molecule has 2 aromatic rings. The fourth-order valence-electron chi connectivity index (χ4n) is 4.36. The number of benzene rings is 2. The van der Waals surface area contributed by atoms with Crippen molar-refractivity contribution < 1.29 is 19.2 Å². The summed E-state index contributed by atoms with van der Waals surface area (Å²) in [6.45, 7) is 6.59. The second-order valence-corrected chi connectivity index (χ2v) is 8.18. The summed E-state index contributed by atoms with van der Waals surface area (Å²) in [6.07, 6.45) is 3.94. The molecule has 0 spiro atoms. The third-order valence-electron chi connectivity index (χ3n) is 6.08. The lowest BCUT2D eigenvalue weighted by Crippen LogP contribution is -3.12. The minimum atomic E-state index is -0.285. The van der Waals surface area contributed by atoms with Gasteiger partial charge in [-0.3, -0.25) is 9.59 Å². The molecule has 0 saturated carbocycles. The molecule has 6 nitrogen and oxygen atoms in total. The van der Waals surface area contributed by atoms with Gasteiger partial charge in [-0.1, -0.05) is 48.5 Å². The third kappa shape index (κ3) is 5.21. The smallest absolute Gasteiger partial charge is 0.223 e. The van der Waals surface area contributed by atoms with Crippen LogP contribution in [-0.4, -0.2) is 43.0 Å². The summed E-state index contributed by atoms with van der Waals surface area (Å²) in [4.78, 5) is 28.2. The molecule has 2 aromatic carbocycles. The first-order valence-corrected chi connectivity index (χ1v) is 10.9. The second-order valence-electron chi connectivity index (χ2n) is 8.18. The lowest BCUT2D eigenvalue weighted by molar-refractivity contribution is -0.921. The number of carbonyl (C=O) groups excluding carboxylic acids is 2. The SMILES string of the molecule is CC(=O)N1C=Cc2ccccc2[C@H]1CC(=O)NCc1ccccc1C[NH+]1CCOCC1. The van der Waals surface area contributed by atoms with E-state index in [0.29, 0.717) is 6.54 Å². The summed E-state index contributed by atoms with van der Waals surface area (Å²) in [5.41, 5.74) is 4.46. The van der Waals surface area contributed by atoms with E-state index in [0.717, 1.165) is 49.5 Å². The number of carbonyl (C=O) groups is 2. The lowest BCUT2D eigenvalue weighted by atomic mass is 9.93. The Balaban J connectivity index is 1.41. The van der Waals surface area contributed by atoms with Gasteiger partial charge in [0.1, 0.15) is 19.6 Å². The second kappa shape index (κ2) is 9.90. The molecule has 0 aromatic heterocycles. The van der Waals surface area contributed by atoms with Crippen LogP contribution in [0.2, 0.25) is 0 Å². The zero-order chi connectivity index (χ0) is 21.6. The fourth-order valence-corrected chi connectivity index (χ4v) is 4.36. The van der Waals surface area contributed by atoms with E-state index in [1.54, 1.807) is 11.1 Å². The Morgan fingerprint density at radius 3 is 2.55 bits per heavy atom. The minimum Gasteiger partial charge on any atom is -0.370 e. The van der Waals surface area contributed by atoms with Gasteiger partial charge in [-0.25, -0.2) is 0 Å². The third-order valence-corrected chi connectivity index (χ3v) is 6.08. The number of hydrogen-bond acceptors (Lipinski definition) is 3. The predicted octanol–water partition coefficient (Wildman–Crippen LogP) is 1.68. The summed E-state index contributed by atoms with van der Waals surface area (Å²) in [5, 5.41) is 3.08. The van der Waals surface area contributed by atoms with Gasteiger partial charge in [0.15, 0.2) is 0 Å². The molecular formula is C25H30N3O3+. The Labute approximate surface area is 183 Å². The van der Waals surface area contributed by atoms with Gasteiger partial charge in [-0.15, -0.1) is 0 Å². The molecular weight excluding hydrogens is 390 g/mol. The van der Waals surface area contributed by atoms with Gasteiger partial charge in [0.2, 0.25) is 11.8 Å². The van der Waals surface area contributed by atoms with Crippen molar-refractivity contribution in [2.45, 2.75) is 32.5 Å². The molecule has 1 saturated heterocycles. The van der Waals surface area contributed by atoms with Crippen LogP contribution in [-0.2, 0) is 27.4 Å². The number of amides is 2. The summed E-state index contributed by atoms with van der Waals surface area (Å²) in [7, 11) is 0. The first-order valence-electron chi connectivity index (χ1n) is 10.9. The molecule has 6 heteroatoms. The number of nitrogens with zero attached hydrogens (tertiary/aromatic N) is 1. The Bertz CT molecular complexity index is 966. The van der Waals surface area contributed by atoms with Crippen LogP contribution in [0.25, 0.3) is 6.08 Å². The van der Waals surface area contributed by atoms with Gasteiger partial charge in [-0.05, 0) is 22.8 Å². The maximum absolute atomic E-state index is 12.9. The molecule has 2 heterocycles. The highest BCUT2D eigenvalue weighted by molar-refractivity contribution is 5.81. The minimum absolute atomic E-state index is 0.0603. The molecule has 2 N–H and O–H groups in total. The number of morpholine rings is 1. The molecule has 2 aliphatic rings. The maximum Gasteiger partial charge on any atom is 0.223 e. The molecule has 4 rings (SSSR count). The number of quaternary nitrogens is 1. The molecule has 1 fully saturated rings. The van der Waals surface area contributed by atoms with E-state index in [2.05, 4.69) is 23.5 Å². The van der Waals surface area contributed by atoms with Crippen molar-refractivity contribution in [2.24, 2.45) is 0 Å². The first-order chi connectivity index (χ1) is 15.1. The maximum atomic E-state index is 12.9. The molecule has 0 bridgehead atoms. The van der Waals surface area contributed by atoms with Crippen LogP contribution in [0.15, 0.2) is 54.7 Å². The number of ether oxygens (including phenoxy) is 1. The Kier molecular flexibility index (Phi) is 6.79. The van der Waals surface area contributed by atoms with Crippen LogP contribution in [0.1, 0.15) is 41.6 Å². The number of rotatable bonds is 6. The van der Waals surface area contributed by atoms with E-state index >= 15 is 0 Å². The van der Waals surface area contributed by atoms with Gasteiger partial charge in [-0.2, -0.15) is 0 Å². The molecule has 0 aliphatic carbocycles. The van der Waals surface area contributed by atoms with Crippen molar-refractivity contribution in [3.05, 3.63) is 77.0 Å². The molecule has 0 radical (unpaired) electrons. The molecule has 0 unspecified atom stereocenters. The van der Waals surface area contributed by atoms with Crippen LogP contribution in [0.5, 0.6) is 0 Å². The van der Waals surface area contributed by atoms with E-state index < -0.39 is 0 Å². The van der Waals surface area contributed by atoms with Crippen molar-refractivity contribution in [1.82, 2.24) is 10.2 Å². The number of fused-ring (bicyclic) bond motifs is 1. The molecule has 2 aliphatic heterocycles. The standard InChI is InChI=1S/C25H29N3O3/c1-19(29)28-11-10-20-6-4-5-9-23(20)24(28)16-25(30)26-17-21-7-2-3-8-22(21)18-27-12-14-31-15-13-27/h2-11,24H,12-18H2,1H3,(H,26,30)/p+1/t24-/m1/s1. The largest absolute Gasteiger partial charge is 0.370 e. The van der Waals surface area contributed by atoms with Crippen LogP contribution in [0, 0.1) is 0 Å². The highest BCUT2D eigenvalue weighted by Gasteiger charge is 2.28. The Morgan fingerprint density at radius 2 is 1.77 bits per heavy atom. The molecule has 31 heavy (non-hydrogen) atoms. The van der Waals surface area contributed by atoms with Crippen LogP contribution in [0.4, 0.5) is 0 Å².